The van der Waals surface area contributed by atoms with E-state index in [2.05, 4.69) is 15.3 Å². The fraction of sp³-hybridized carbons (Fsp3) is 0.727. The summed E-state index contributed by atoms with van der Waals surface area (Å²) in [6.45, 7) is 4.05. The zero-order valence-corrected chi connectivity index (χ0v) is 9.93. The fourth-order valence-corrected chi connectivity index (χ4v) is 2.85. The first kappa shape index (κ1) is 11.0. The van der Waals surface area contributed by atoms with Gasteiger partial charge in [-0.05, 0) is 25.9 Å². The summed E-state index contributed by atoms with van der Waals surface area (Å²) in [5, 5.41) is 3.30. The Balaban J connectivity index is 1.89. The van der Waals surface area contributed by atoms with E-state index in [0.717, 1.165) is 12.2 Å². The second kappa shape index (κ2) is 5.58. The van der Waals surface area contributed by atoms with Crippen LogP contribution in [0.25, 0.3) is 0 Å². The van der Waals surface area contributed by atoms with Crippen LogP contribution in [0.15, 0.2) is 5.38 Å². The maximum absolute atomic E-state index is 5.55. The number of aromatic nitrogens is 1. The maximum atomic E-state index is 5.55. The van der Waals surface area contributed by atoms with Crippen LogP contribution in [0.2, 0.25) is 0 Å². The molecule has 1 aromatic heterocycles. The maximum Gasteiger partial charge on any atom is 0.107 e. The lowest BCUT2D eigenvalue weighted by atomic mass is 10.2. The van der Waals surface area contributed by atoms with E-state index in [1.165, 1.54) is 43.8 Å². The van der Waals surface area contributed by atoms with Crippen molar-refractivity contribution in [1.82, 2.24) is 9.88 Å². The summed E-state index contributed by atoms with van der Waals surface area (Å²) in [6.07, 6.45) is 5.47. The number of nitrogens with two attached hydrogens (primary N) is 1. The van der Waals surface area contributed by atoms with Crippen molar-refractivity contribution in [2.24, 2.45) is 5.73 Å². The van der Waals surface area contributed by atoms with Crippen molar-refractivity contribution in [3.63, 3.8) is 0 Å². The number of hydrogen-bond donors (Lipinski definition) is 1. The fourth-order valence-electron chi connectivity index (χ4n) is 2.00. The van der Waals surface area contributed by atoms with Crippen LogP contribution in [0.3, 0.4) is 0 Å². The summed E-state index contributed by atoms with van der Waals surface area (Å²) >= 11 is 1.74. The minimum absolute atomic E-state index is 0.566. The SMILES string of the molecule is NCc1csc(CN2CCCCCC2)n1. The monoisotopic (exact) mass is 225 g/mol. The molecule has 2 rings (SSSR count). The highest BCUT2D eigenvalue weighted by Gasteiger charge is 2.11. The van der Waals surface area contributed by atoms with Gasteiger partial charge in [-0.1, -0.05) is 12.8 Å². The van der Waals surface area contributed by atoms with Gasteiger partial charge in [-0.25, -0.2) is 4.98 Å². The van der Waals surface area contributed by atoms with Gasteiger partial charge in [0, 0.05) is 11.9 Å². The van der Waals surface area contributed by atoms with Gasteiger partial charge in [-0.3, -0.25) is 4.90 Å². The molecule has 1 aromatic rings. The third-order valence-corrected chi connectivity index (χ3v) is 3.75. The lowest BCUT2D eigenvalue weighted by molar-refractivity contribution is 0.276. The molecule has 2 heterocycles. The number of thiazole rings is 1. The number of hydrogen-bond acceptors (Lipinski definition) is 4. The third-order valence-electron chi connectivity index (χ3n) is 2.87. The average molecular weight is 225 g/mol. The van der Waals surface area contributed by atoms with Crippen LogP contribution in [-0.2, 0) is 13.1 Å². The zero-order chi connectivity index (χ0) is 10.5. The van der Waals surface area contributed by atoms with E-state index < -0.39 is 0 Å². The van der Waals surface area contributed by atoms with Crippen LogP contribution in [0.1, 0.15) is 36.4 Å². The van der Waals surface area contributed by atoms with Gasteiger partial charge in [0.1, 0.15) is 5.01 Å². The molecule has 0 bridgehead atoms. The molecule has 0 unspecified atom stereocenters. The predicted molar refractivity (Wildman–Crippen MR) is 63.8 cm³/mol. The van der Waals surface area contributed by atoms with Gasteiger partial charge < -0.3 is 5.73 Å². The van der Waals surface area contributed by atoms with E-state index in [-0.39, 0.29) is 0 Å². The van der Waals surface area contributed by atoms with Gasteiger partial charge in [0.15, 0.2) is 0 Å². The van der Waals surface area contributed by atoms with Crippen LogP contribution < -0.4 is 5.73 Å². The second-order valence-electron chi connectivity index (χ2n) is 4.13. The molecule has 0 aliphatic carbocycles. The summed E-state index contributed by atoms with van der Waals surface area (Å²) in [6, 6.07) is 0. The normalized spacial score (nSPS) is 19.0. The van der Waals surface area contributed by atoms with E-state index in [9.17, 15) is 0 Å². The van der Waals surface area contributed by atoms with Crippen molar-refractivity contribution in [3.05, 3.63) is 16.1 Å². The highest BCUT2D eigenvalue weighted by Crippen LogP contribution is 2.15. The Kier molecular flexibility index (Phi) is 4.11. The predicted octanol–water partition coefficient (Wildman–Crippen LogP) is 1.98. The number of rotatable bonds is 3. The van der Waals surface area contributed by atoms with Crippen LogP contribution in [0, 0.1) is 0 Å². The molecule has 0 aromatic carbocycles. The summed E-state index contributed by atoms with van der Waals surface area (Å²) in [4.78, 5) is 7.03. The molecule has 3 nitrogen and oxygen atoms in total. The van der Waals surface area contributed by atoms with Gasteiger partial charge in [0.05, 0.1) is 12.2 Å². The van der Waals surface area contributed by atoms with Gasteiger partial charge >= 0.3 is 0 Å². The highest BCUT2D eigenvalue weighted by molar-refractivity contribution is 7.09. The molecule has 1 fully saturated rings. The molecule has 15 heavy (non-hydrogen) atoms. The van der Waals surface area contributed by atoms with E-state index >= 15 is 0 Å². The Morgan fingerprint density at radius 1 is 1.27 bits per heavy atom. The van der Waals surface area contributed by atoms with Gasteiger partial charge in [0.2, 0.25) is 0 Å². The molecule has 1 aliphatic rings. The van der Waals surface area contributed by atoms with Gasteiger partial charge in [0.25, 0.3) is 0 Å². The van der Waals surface area contributed by atoms with E-state index in [1.807, 2.05) is 0 Å². The first-order chi connectivity index (χ1) is 7.38. The Bertz CT molecular complexity index is 290. The number of nitrogens with zero attached hydrogens (tertiary/aromatic N) is 2. The topological polar surface area (TPSA) is 42.1 Å². The smallest absolute Gasteiger partial charge is 0.107 e. The summed E-state index contributed by atoms with van der Waals surface area (Å²) < 4.78 is 0. The molecule has 2 N–H and O–H groups in total. The van der Waals surface area contributed by atoms with Crippen LogP contribution in [0.5, 0.6) is 0 Å². The van der Waals surface area contributed by atoms with Crippen molar-refractivity contribution < 1.29 is 0 Å². The van der Waals surface area contributed by atoms with Crippen molar-refractivity contribution in [2.75, 3.05) is 13.1 Å². The van der Waals surface area contributed by atoms with E-state index in [4.69, 9.17) is 5.73 Å². The summed E-state index contributed by atoms with van der Waals surface area (Å²) in [5.74, 6) is 0. The molecular formula is C11H19N3S. The van der Waals surface area contributed by atoms with E-state index in [0.29, 0.717) is 6.54 Å². The highest BCUT2D eigenvalue weighted by atomic mass is 32.1. The molecule has 4 heteroatoms. The van der Waals surface area contributed by atoms with Gasteiger partial charge in [-0.2, -0.15) is 0 Å². The second-order valence-corrected chi connectivity index (χ2v) is 5.07. The minimum Gasteiger partial charge on any atom is -0.325 e. The summed E-state index contributed by atoms with van der Waals surface area (Å²) in [7, 11) is 0. The van der Waals surface area contributed by atoms with Crippen molar-refractivity contribution in [1.29, 1.82) is 0 Å². The standard InChI is InChI=1S/C11H19N3S/c12-7-10-9-15-11(13-10)8-14-5-3-1-2-4-6-14/h9H,1-8,12H2. The third kappa shape index (κ3) is 3.26. The average Bonchev–Trinajstić information content (AvgIpc) is 2.54. The molecule has 0 amide bonds. The van der Waals surface area contributed by atoms with E-state index in [1.54, 1.807) is 11.3 Å². The van der Waals surface area contributed by atoms with Crippen molar-refractivity contribution >= 4 is 11.3 Å². The molecule has 0 spiro atoms. The van der Waals surface area contributed by atoms with Crippen molar-refractivity contribution in [2.45, 2.75) is 38.8 Å². The molecule has 84 valence electrons. The molecular weight excluding hydrogens is 206 g/mol. The molecule has 0 radical (unpaired) electrons. The number of likely N-dealkylation sites (tertiary alicyclic amines) is 1. The van der Waals surface area contributed by atoms with Crippen molar-refractivity contribution in [3.8, 4) is 0 Å². The molecule has 0 saturated carbocycles. The quantitative estimate of drug-likeness (QED) is 0.855. The zero-order valence-electron chi connectivity index (χ0n) is 9.11. The lowest BCUT2D eigenvalue weighted by Crippen LogP contribution is -2.23. The van der Waals surface area contributed by atoms with Crippen LogP contribution in [0.4, 0.5) is 0 Å². The Morgan fingerprint density at radius 3 is 2.60 bits per heavy atom. The minimum atomic E-state index is 0.566. The van der Waals surface area contributed by atoms with Gasteiger partial charge in [-0.15, -0.1) is 11.3 Å². The summed E-state index contributed by atoms with van der Waals surface area (Å²) in [5.41, 5.74) is 6.58. The molecule has 0 atom stereocenters. The first-order valence-electron chi connectivity index (χ1n) is 5.74. The Morgan fingerprint density at radius 2 is 2.00 bits per heavy atom. The largest absolute Gasteiger partial charge is 0.325 e. The van der Waals surface area contributed by atoms with Crippen LogP contribution >= 0.6 is 11.3 Å². The lowest BCUT2D eigenvalue weighted by Gasteiger charge is -2.17. The Labute approximate surface area is 95.3 Å². The molecule has 1 aliphatic heterocycles. The Hall–Kier alpha value is -0.450. The van der Waals surface area contributed by atoms with Crippen LogP contribution in [-0.4, -0.2) is 23.0 Å². The molecule has 1 saturated heterocycles. The first-order valence-corrected chi connectivity index (χ1v) is 6.62.